The Balaban J connectivity index is 2.46. The van der Waals surface area contributed by atoms with Crippen molar-refractivity contribution in [1.29, 1.82) is 5.26 Å². The number of rotatable bonds is 2. The van der Waals surface area contributed by atoms with E-state index in [4.69, 9.17) is 5.26 Å². The highest BCUT2D eigenvalue weighted by Gasteiger charge is 2.25. The van der Waals surface area contributed by atoms with E-state index < -0.39 is 0 Å². The smallest absolute Gasteiger partial charge is 0.0638 e. The van der Waals surface area contributed by atoms with Crippen LogP contribution in [0.2, 0.25) is 0 Å². The number of hydrogen-bond acceptors (Lipinski definition) is 2. The van der Waals surface area contributed by atoms with Crippen molar-refractivity contribution in [1.82, 2.24) is 4.90 Å². The Morgan fingerprint density at radius 3 is 2.77 bits per heavy atom. The fraction of sp³-hybridized carbons (Fsp3) is 0.909. The molecule has 1 fully saturated rings. The van der Waals surface area contributed by atoms with Gasteiger partial charge in [-0.3, -0.25) is 4.90 Å². The summed E-state index contributed by atoms with van der Waals surface area (Å²) < 4.78 is 0. The molecule has 74 valence electrons. The molecule has 0 bridgehead atoms. The second kappa shape index (κ2) is 4.62. The van der Waals surface area contributed by atoms with Gasteiger partial charge in [0.2, 0.25) is 0 Å². The zero-order valence-corrected chi connectivity index (χ0v) is 8.95. The maximum absolute atomic E-state index is 8.63. The Hall–Kier alpha value is -0.550. The third-order valence-electron chi connectivity index (χ3n) is 3.14. The van der Waals surface area contributed by atoms with Crippen molar-refractivity contribution in [2.75, 3.05) is 6.54 Å². The van der Waals surface area contributed by atoms with Crippen LogP contribution in [0.1, 0.15) is 40.0 Å². The van der Waals surface area contributed by atoms with Crippen molar-refractivity contribution in [2.45, 2.75) is 52.1 Å². The van der Waals surface area contributed by atoms with E-state index in [-0.39, 0.29) is 0 Å². The van der Waals surface area contributed by atoms with Gasteiger partial charge in [-0.25, -0.2) is 0 Å². The summed E-state index contributed by atoms with van der Waals surface area (Å²) in [7, 11) is 0. The third-order valence-corrected chi connectivity index (χ3v) is 3.14. The van der Waals surface area contributed by atoms with Gasteiger partial charge in [0, 0.05) is 12.1 Å². The molecule has 3 atom stereocenters. The van der Waals surface area contributed by atoms with Gasteiger partial charge < -0.3 is 0 Å². The van der Waals surface area contributed by atoms with Gasteiger partial charge >= 0.3 is 0 Å². The molecule has 0 radical (unpaired) electrons. The van der Waals surface area contributed by atoms with Crippen molar-refractivity contribution in [3.05, 3.63) is 0 Å². The van der Waals surface area contributed by atoms with Crippen molar-refractivity contribution in [3.63, 3.8) is 0 Å². The van der Waals surface area contributed by atoms with Crippen LogP contribution in [0.15, 0.2) is 0 Å². The molecule has 2 heteroatoms. The van der Waals surface area contributed by atoms with Crippen molar-refractivity contribution >= 4 is 0 Å². The SMILES string of the molecule is CC1CCN(C(C)CC#N)C(C)C1. The maximum atomic E-state index is 8.63. The average molecular weight is 180 g/mol. The summed E-state index contributed by atoms with van der Waals surface area (Å²) in [6.45, 7) is 7.94. The highest BCUT2D eigenvalue weighted by Crippen LogP contribution is 2.24. The molecule has 0 N–H and O–H groups in total. The van der Waals surface area contributed by atoms with Gasteiger partial charge in [0.25, 0.3) is 0 Å². The van der Waals surface area contributed by atoms with E-state index in [1.54, 1.807) is 0 Å². The molecule has 0 aromatic heterocycles. The summed E-state index contributed by atoms with van der Waals surface area (Å²) in [4.78, 5) is 2.48. The highest BCUT2D eigenvalue weighted by atomic mass is 15.2. The molecular weight excluding hydrogens is 160 g/mol. The summed E-state index contributed by atoms with van der Waals surface area (Å²) in [6, 6.07) is 3.35. The van der Waals surface area contributed by atoms with Crippen LogP contribution in [0.25, 0.3) is 0 Å². The summed E-state index contributed by atoms with van der Waals surface area (Å²) >= 11 is 0. The Labute approximate surface area is 81.5 Å². The largest absolute Gasteiger partial charge is 0.297 e. The molecule has 1 rings (SSSR count). The van der Waals surface area contributed by atoms with Crippen LogP contribution in [-0.2, 0) is 0 Å². The number of nitrogens with zero attached hydrogens (tertiary/aromatic N) is 2. The topological polar surface area (TPSA) is 27.0 Å². The first kappa shape index (κ1) is 10.5. The Kier molecular flexibility index (Phi) is 3.74. The zero-order chi connectivity index (χ0) is 9.84. The van der Waals surface area contributed by atoms with E-state index in [0.717, 1.165) is 5.92 Å². The fourth-order valence-corrected chi connectivity index (χ4v) is 2.33. The molecule has 0 spiro atoms. The Morgan fingerprint density at radius 2 is 2.23 bits per heavy atom. The molecule has 1 aliphatic rings. The fourth-order valence-electron chi connectivity index (χ4n) is 2.33. The second-order valence-electron chi connectivity index (χ2n) is 4.43. The quantitative estimate of drug-likeness (QED) is 0.652. The average Bonchev–Trinajstić information content (AvgIpc) is 2.04. The predicted octanol–water partition coefficient (Wildman–Crippen LogP) is 2.41. The van der Waals surface area contributed by atoms with Crippen molar-refractivity contribution < 1.29 is 0 Å². The molecule has 0 saturated carbocycles. The predicted molar refractivity (Wildman–Crippen MR) is 54.3 cm³/mol. The monoisotopic (exact) mass is 180 g/mol. The number of likely N-dealkylation sites (tertiary alicyclic amines) is 1. The molecule has 1 saturated heterocycles. The lowest BCUT2D eigenvalue weighted by molar-refractivity contribution is 0.0914. The molecule has 2 nitrogen and oxygen atoms in total. The number of nitriles is 1. The van der Waals surface area contributed by atoms with Crippen LogP contribution >= 0.6 is 0 Å². The van der Waals surface area contributed by atoms with E-state index in [9.17, 15) is 0 Å². The highest BCUT2D eigenvalue weighted by molar-refractivity contribution is 4.85. The normalized spacial score (nSPS) is 32.5. The lowest BCUT2D eigenvalue weighted by Crippen LogP contribution is -2.45. The van der Waals surface area contributed by atoms with Gasteiger partial charge in [0.15, 0.2) is 0 Å². The molecule has 13 heavy (non-hydrogen) atoms. The van der Waals surface area contributed by atoms with E-state index in [0.29, 0.717) is 18.5 Å². The van der Waals surface area contributed by atoms with Gasteiger partial charge in [-0.15, -0.1) is 0 Å². The van der Waals surface area contributed by atoms with E-state index >= 15 is 0 Å². The molecule has 0 aromatic rings. The van der Waals surface area contributed by atoms with Crippen molar-refractivity contribution in [3.8, 4) is 6.07 Å². The Bertz CT molecular complexity index is 195. The van der Waals surface area contributed by atoms with Crippen LogP contribution in [0, 0.1) is 17.2 Å². The van der Waals surface area contributed by atoms with Crippen molar-refractivity contribution in [2.24, 2.45) is 5.92 Å². The maximum Gasteiger partial charge on any atom is 0.0638 e. The summed E-state index contributed by atoms with van der Waals surface area (Å²) in [5, 5.41) is 8.63. The molecule has 0 aliphatic carbocycles. The lowest BCUT2D eigenvalue weighted by atomic mass is 9.92. The van der Waals surface area contributed by atoms with E-state index in [2.05, 4.69) is 31.7 Å². The van der Waals surface area contributed by atoms with Crippen LogP contribution in [-0.4, -0.2) is 23.5 Å². The minimum absolute atomic E-state index is 0.437. The molecule has 1 aliphatic heterocycles. The molecule has 0 aromatic carbocycles. The summed E-state index contributed by atoms with van der Waals surface area (Å²) in [5.41, 5.74) is 0. The minimum Gasteiger partial charge on any atom is -0.297 e. The van der Waals surface area contributed by atoms with Gasteiger partial charge in [-0.2, -0.15) is 5.26 Å². The zero-order valence-electron chi connectivity index (χ0n) is 8.95. The van der Waals surface area contributed by atoms with Crippen LogP contribution < -0.4 is 0 Å². The standard InChI is InChI=1S/C11H20N2/c1-9-5-7-13(11(3)8-9)10(2)4-6-12/h9-11H,4-5,7-8H2,1-3H3. The summed E-state index contributed by atoms with van der Waals surface area (Å²) in [5.74, 6) is 0.862. The van der Waals surface area contributed by atoms with E-state index in [1.807, 2.05) is 0 Å². The molecular formula is C11H20N2. The van der Waals surface area contributed by atoms with E-state index in [1.165, 1.54) is 19.4 Å². The first-order valence-electron chi connectivity index (χ1n) is 5.27. The van der Waals surface area contributed by atoms with Gasteiger partial charge in [0.1, 0.15) is 0 Å². The summed E-state index contributed by atoms with van der Waals surface area (Å²) in [6.07, 6.45) is 3.24. The van der Waals surface area contributed by atoms with Crippen LogP contribution in [0.5, 0.6) is 0 Å². The molecule has 1 heterocycles. The second-order valence-corrected chi connectivity index (χ2v) is 4.43. The number of hydrogen-bond donors (Lipinski definition) is 0. The first-order valence-corrected chi connectivity index (χ1v) is 5.27. The van der Waals surface area contributed by atoms with Crippen LogP contribution in [0.4, 0.5) is 0 Å². The number of piperidine rings is 1. The molecule has 3 unspecified atom stereocenters. The van der Waals surface area contributed by atoms with Gasteiger partial charge in [-0.05, 0) is 39.2 Å². The van der Waals surface area contributed by atoms with Crippen LogP contribution in [0.3, 0.4) is 0 Å². The first-order chi connectivity index (χ1) is 6.15. The minimum atomic E-state index is 0.437. The van der Waals surface area contributed by atoms with Gasteiger partial charge in [0.05, 0.1) is 12.5 Å². The lowest BCUT2D eigenvalue weighted by Gasteiger charge is -2.39. The molecule has 0 amide bonds. The third kappa shape index (κ3) is 2.70. The Morgan fingerprint density at radius 1 is 1.54 bits per heavy atom. The van der Waals surface area contributed by atoms with Gasteiger partial charge in [-0.1, -0.05) is 6.92 Å².